The van der Waals surface area contributed by atoms with Crippen LogP contribution >= 0.6 is 35.0 Å². The molecule has 0 heterocycles. The Balaban J connectivity index is 1.57. The summed E-state index contributed by atoms with van der Waals surface area (Å²) >= 11 is 13.7. The van der Waals surface area contributed by atoms with Gasteiger partial charge in [-0.15, -0.1) is 11.8 Å². The Kier molecular flexibility index (Phi) is 11.0. The molecule has 1 fully saturated rings. The summed E-state index contributed by atoms with van der Waals surface area (Å²) in [5, 5.41) is 4.24. The lowest BCUT2D eigenvalue weighted by Gasteiger charge is -2.32. The third-order valence-corrected chi connectivity index (χ3v) is 8.67. The van der Waals surface area contributed by atoms with Crippen molar-refractivity contribution in [3.05, 3.63) is 99.5 Å². The van der Waals surface area contributed by atoms with E-state index in [2.05, 4.69) is 5.32 Å². The van der Waals surface area contributed by atoms with Crippen LogP contribution < -0.4 is 10.1 Å². The second-order valence-corrected chi connectivity index (χ2v) is 11.6. The Labute approximate surface area is 245 Å². The van der Waals surface area contributed by atoms with Crippen LogP contribution in [0.1, 0.15) is 42.4 Å². The van der Waals surface area contributed by atoms with Crippen LogP contribution in [0.25, 0.3) is 0 Å². The Hall–Kier alpha value is -2.67. The van der Waals surface area contributed by atoms with E-state index in [1.54, 1.807) is 18.1 Å². The number of ether oxygens (including phenoxy) is 1. The molecule has 39 heavy (non-hydrogen) atoms. The van der Waals surface area contributed by atoms with Crippen molar-refractivity contribution in [1.29, 1.82) is 0 Å². The smallest absolute Gasteiger partial charge is 0.243 e. The van der Waals surface area contributed by atoms with Crippen LogP contribution in [-0.4, -0.2) is 41.7 Å². The number of benzene rings is 3. The van der Waals surface area contributed by atoms with Gasteiger partial charge in [0.25, 0.3) is 0 Å². The Bertz CT molecular complexity index is 1250. The number of hydrogen-bond donors (Lipinski definition) is 1. The molecule has 0 radical (unpaired) electrons. The fraction of sp³-hybridized carbons (Fsp3) is 0.355. The SMILES string of the molecule is COc1cccc(CN(C(=O)CSCc2ccc(Cl)c(Cl)c2)[C@H](Cc2ccccc2)C(=O)NC2CCCC2)c1. The lowest BCUT2D eigenvalue weighted by molar-refractivity contribution is -0.139. The minimum Gasteiger partial charge on any atom is -0.497 e. The first kappa shape index (κ1) is 29.3. The van der Waals surface area contributed by atoms with Gasteiger partial charge in [0.1, 0.15) is 11.8 Å². The summed E-state index contributed by atoms with van der Waals surface area (Å²) in [6.07, 6.45) is 4.63. The number of hydrogen-bond acceptors (Lipinski definition) is 4. The van der Waals surface area contributed by atoms with Crippen LogP contribution in [0.4, 0.5) is 0 Å². The van der Waals surface area contributed by atoms with Crippen molar-refractivity contribution in [2.75, 3.05) is 12.9 Å². The minimum absolute atomic E-state index is 0.0922. The van der Waals surface area contributed by atoms with E-state index in [-0.39, 0.29) is 23.6 Å². The number of rotatable bonds is 12. The van der Waals surface area contributed by atoms with Crippen LogP contribution in [0.15, 0.2) is 72.8 Å². The van der Waals surface area contributed by atoms with E-state index in [0.717, 1.165) is 42.4 Å². The molecule has 1 atom stereocenters. The molecule has 1 aliphatic carbocycles. The van der Waals surface area contributed by atoms with E-state index in [0.29, 0.717) is 34.5 Å². The average molecular weight is 586 g/mol. The van der Waals surface area contributed by atoms with Crippen molar-refractivity contribution in [3.8, 4) is 5.75 Å². The van der Waals surface area contributed by atoms with Gasteiger partial charge in [0.2, 0.25) is 11.8 Å². The van der Waals surface area contributed by atoms with Crippen molar-refractivity contribution < 1.29 is 14.3 Å². The highest BCUT2D eigenvalue weighted by atomic mass is 35.5. The molecule has 2 amide bonds. The van der Waals surface area contributed by atoms with Gasteiger partial charge in [-0.3, -0.25) is 9.59 Å². The molecule has 1 saturated carbocycles. The van der Waals surface area contributed by atoms with Gasteiger partial charge in [-0.05, 0) is 53.8 Å². The monoisotopic (exact) mass is 584 g/mol. The van der Waals surface area contributed by atoms with Gasteiger partial charge in [-0.2, -0.15) is 0 Å². The largest absolute Gasteiger partial charge is 0.497 e. The van der Waals surface area contributed by atoms with Crippen LogP contribution in [0, 0.1) is 0 Å². The standard InChI is InChI=1S/C31H34Cl2N2O3S/c1-38-26-13-7-10-23(16-26)19-35(30(36)21-39-20-24-14-15-27(32)28(33)17-24)29(18-22-8-3-2-4-9-22)31(37)34-25-11-5-6-12-25/h2-4,7-10,13-17,25,29H,5-6,11-12,18-21H2,1H3,(H,34,37)/t29-/m1/s1. The molecule has 206 valence electrons. The third kappa shape index (κ3) is 8.66. The zero-order valence-electron chi connectivity index (χ0n) is 22.1. The highest BCUT2D eigenvalue weighted by Gasteiger charge is 2.32. The molecule has 3 aromatic rings. The number of halogens is 2. The molecule has 3 aromatic carbocycles. The summed E-state index contributed by atoms with van der Waals surface area (Å²) in [5.74, 6) is 1.35. The second-order valence-electron chi connectivity index (χ2n) is 9.81. The quantitative estimate of drug-likeness (QED) is 0.250. The molecule has 1 aliphatic rings. The Morgan fingerprint density at radius 1 is 0.949 bits per heavy atom. The van der Waals surface area contributed by atoms with Crippen molar-refractivity contribution in [1.82, 2.24) is 10.2 Å². The first-order valence-corrected chi connectivity index (χ1v) is 15.1. The number of carbonyl (C=O) groups is 2. The van der Waals surface area contributed by atoms with Crippen LogP contribution in [0.5, 0.6) is 5.75 Å². The number of thioether (sulfide) groups is 1. The van der Waals surface area contributed by atoms with Gasteiger partial charge in [-0.1, -0.05) is 84.6 Å². The maximum Gasteiger partial charge on any atom is 0.243 e. The average Bonchev–Trinajstić information content (AvgIpc) is 3.46. The highest BCUT2D eigenvalue weighted by Crippen LogP contribution is 2.26. The zero-order chi connectivity index (χ0) is 27.6. The maximum atomic E-state index is 13.8. The molecular formula is C31H34Cl2N2O3S. The molecule has 0 unspecified atom stereocenters. The molecule has 4 rings (SSSR count). The van der Waals surface area contributed by atoms with Crippen LogP contribution in [0.2, 0.25) is 10.0 Å². The molecule has 1 N–H and O–H groups in total. The summed E-state index contributed by atoms with van der Waals surface area (Å²) in [4.78, 5) is 29.3. The van der Waals surface area contributed by atoms with Crippen molar-refractivity contribution in [2.24, 2.45) is 0 Å². The first-order chi connectivity index (χ1) is 18.9. The fourth-order valence-corrected chi connectivity index (χ4v) is 6.04. The van der Waals surface area contributed by atoms with Gasteiger partial charge >= 0.3 is 0 Å². The topological polar surface area (TPSA) is 58.6 Å². The van der Waals surface area contributed by atoms with Gasteiger partial charge in [0.05, 0.1) is 22.9 Å². The van der Waals surface area contributed by atoms with E-state index >= 15 is 0 Å². The van der Waals surface area contributed by atoms with E-state index in [9.17, 15) is 9.59 Å². The van der Waals surface area contributed by atoms with E-state index in [1.165, 1.54) is 11.8 Å². The van der Waals surface area contributed by atoms with Gasteiger partial charge in [0.15, 0.2) is 0 Å². The van der Waals surface area contributed by atoms with Crippen molar-refractivity contribution in [2.45, 2.75) is 56.5 Å². The summed E-state index contributed by atoms with van der Waals surface area (Å²) in [6.45, 7) is 0.305. The maximum absolute atomic E-state index is 13.8. The molecule has 0 spiro atoms. The Morgan fingerprint density at radius 2 is 1.69 bits per heavy atom. The van der Waals surface area contributed by atoms with E-state index in [1.807, 2.05) is 66.7 Å². The number of carbonyl (C=O) groups excluding carboxylic acids is 2. The lowest BCUT2D eigenvalue weighted by Crippen LogP contribution is -2.52. The van der Waals surface area contributed by atoms with Crippen LogP contribution in [-0.2, 0) is 28.3 Å². The number of nitrogens with zero attached hydrogens (tertiary/aromatic N) is 1. The number of amides is 2. The molecular weight excluding hydrogens is 551 g/mol. The highest BCUT2D eigenvalue weighted by molar-refractivity contribution is 7.99. The Morgan fingerprint density at radius 3 is 2.41 bits per heavy atom. The van der Waals surface area contributed by atoms with Gasteiger partial charge in [-0.25, -0.2) is 0 Å². The predicted octanol–water partition coefficient (Wildman–Crippen LogP) is 6.93. The molecule has 0 bridgehead atoms. The summed E-state index contributed by atoms with van der Waals surface area (Å²) in [7, 11) is 1.62. The second kappa shape index (κ2) is 14.6. The normalized spacial score (nSPS) is 14.1. The number of methoxy groups -OCH3 is 1. The van der Waals surface area contributed by atoms with Gasteiger partial charge in [0, 0.05) is 24.8 Å². The van der Waals surface area contributed by atoms with E-state index < -0.39 is 6.04 Å². The predicted molar refractivity (Wildman–Crippen MR) is 161 cm³/mol. The molecule has 0 aliphatic heterocycles. The minimum atomic E-state index is -0.641. The fourth-order valence-electron chi connectivity index (χ4n) is 4.86. The van der Waals surface area contributed by atoms with Crippen molar-refractivity contribution >= 4 is 46.8 Å². The first-order valence-electron chi connectivity index (χ1n) is 13.2. The third-order valence-electron chi connectivity index (χ3n) is 6.94. The summed E-state index contributed by atoms with van der Waals surface area (Å²) in [6, 6.07) is 22.5. The van der Waals surface area contributed by atoms with E-state index in [4.69, 9.17) is 27.9 Å². The summed E-state index contributed by atoms with van der Waals surface area (Å²) in [5.41, 5.74) is 2.90. The molecule has 0 aromatic heterocycles. The lowest BCUT2D eigenvalue weighted by atomic mass is 10.0. The molecule has 8 heteroatoms. The van der Waals surface area contributed by atoms with Crippen molar-refractivity contribution in [3.63, 3.8) is 0 Å². The summed E-state index contributed by atoms with van der Waals surface area (Å²) < 4.78 is 5.41. The molecule has 0 saturated heterocycles. The number of nitrogens with one attached hydrogen (secondary N) is 1. The zero-order valence-corrected chi connectivity index (χ0v) is 24.4. The van der Waals surface area contributed by atoms with Crippen LogP contribution in [0.3, 0.4) is 0 Å². The molecule has 5 nitrogen and oxygen atoms in total. The van der Waals surface area contributed by atoms with Gasteiger partial charge < -0.3 is 15.0 Å².